The van der Waals surface area contributed by atoms with Crippen molar-refractivity contribution in [2.24, 2.45) is 5.92 Å². The van der Waals surface area contributed by atoms with Gasteiger partial charge in [-0.2, -0.15) is 0 Å². The van der Waals surface area contributed by atoms with E-state index in [-0.39, 0.29) is 12.0 Å². The molecule has 2 unspecified atom stereocenters. The van der Waals surface area contributed by atoms with Crippen LogP contribution in [0, 0.1) is 12.8 Å². The molecule has 0 spiro atoms. The fourth-order valence-corrected chi connectivity index (χ4v) is 1.73. The summed E-state index contributed by atoms with van der Waals surface area (Å²) >= 11 is 0. The lowest BCUT2D eigenvalue weighted by molar-refractivity contribution is -0.140. The van der Waals surface area contributed by atoms with Crippen LogP contribution in [0.4, 0.5) is 5.82 Å². The number of hydrogen-bond donors (Lipinski definition) is 2. The number of carbonyl (C=O) groups is 1. The quantitative estimate of drug-likeness (QED) is 0.760. The summed E-state index contributed by atoms with van der Waals surface area (Å²) in [6.45, 7) is 1.98. The molecule has 16 heavy (non-hydrogen) atoms. The van der Waals surface area contributed by atoms with Crippen LogP contribution in [0.25, 0.3) is 0 Å². The summed E-state index contributed by atoms with van der Waals surface area (Å²) < 4.78 is 0. The lowest BCUT2D eigenvalue weighted by Crippen LogP contribution is -2.19. The maximum Gasteiger partial charge on any atom is 0.310 e. The minimum atomic E-state index is -0.766. The van der Waals surface area contributed by atoms with Gasteiger partial charge in [-0.25, -0.2) is 4.98 Å². The molecule has 0 bridgehead atoms. The molecule has 1 aliphatic rings. The van der Waals surface area contributed by atoms with Crippen molar-refractivity contribution < 1.29 is 9.90 Å². The largest absolute Gasteiger partial charge is 0.481 e. The van der Waals surface area contributed by atoms with Crippen molar-refractivity contribution in [3.05, 3.63) is 36.0 Å². The maximum atomic E-state index is 10.7. The molecule has 2 N–H and O–H groups in total. The highest BCUT2D eigenvalue weighted by molar-refractivity contribution is 5.73. The number of pyridine rings is 1. The normalized spacial score (nSPS) is 23.3. The third-order valence-corrected chi connectivity index (χ3v) is 2.65. The van der Waals surface area contributed by atoms with Crippen molar-refractivity contribution in [1.82, 2.24) is 4.98 Å². The first kappa shape index (κ1) is 10.7. The summed E-state index contributed by atoms with van der Waals surface area (Å²) in [5.41, 5.74) is 1.11. The lowest BCUT2D eigenvalue weighted by Gasteiger charge is -2.12. The van der Waals surface area contributed by atoms with Crippen LogP contribution in [0.3, 0.4) is 0 Å². The summed E-state index contributed by atoms with van der Waals surface area (Å²) in [4.78, 5) is 15.0. The molecule has 1 heterocycles. The lowest BCUT2D eigenvalue weighted by atomic mass is 10.1. The molecular formula is C12H14N2O2. The van der Waals surface area contributed by atoms with Crippen molar-refractivity contribution in [1.29, 1.82) is 0 Å². The number of nitrogens with zero attached hydrogens (tertiary/aromatic N) is 1. The van der Waals surface area contributed by atoms with Crippen molar-refractivity contribution in [3.8, 4) is 0 Å². The van der Waals surface area contributed by atoms with E-state index in [1.54, 1.807) is 12.3 Å². The minimum Gasteiger partial charge on any atom is -0.481 e. The molecule has 0 aliphatic heterocycles. The Morgan fingerprint density at radius 1 is 1.50 bits per heavy atom. The Morgan fingerprint density at radius 2 is 2.31 bits per heavy atom. The highest BCUT2D eigenvalue weighted by Crippen LogP contribution is 2.20. The van der Waals surface area contributed by atoms with Gasteiger partial charge in [-0.3, -0.25) is 4.79 Å². The summed E-state index contributed by atoms with van der Waals surface area (Å²) in [5, 5.41) is 12.0. The van der Waals surface area contributed by atoms with E-state index in [2.05, 4.69) is 10.3 Å². The monoisotopic (exact) mass is 218 g/mol. The van der Waals surface area contributed by atoms with Gasteiger partial charge < -0.3 is 10.4 Å². The molecule has 0 fully saturated rings. The third-order valence-electron chi connectivity index (χ3n) is 2.65. The maximum absolute atomic E-state index is 10.7. The van der Waals surface area contributed by atoms with E-state index in [0.717, 1.165) is 11.4 Å². The van der Waals surface area contributed by atoms with Gasteiger partial charge >= 0.3 is 5.97 Å². The van der Waals surface area contributed by atoms with Crippen LogP contribution in [0.2, 0.25) is 0 Å². The number of aromatic nitrogens is 1. The van der Waals surface area contributed by atoms with Crippen molar-refractivity contribution in [2.45, 2.75) is 19.4 Å². The Kier molecular flexibility index (Phi) is 2.90. The second kappa shape index (κ2) is 4.35. The minimum absolute atomic E-state index is 0.0660. The van der Waals surface area contributed by atoms with E-state index in [4.69, 9.17) is 5.11 Å². The molecule has 2 atom stereocenters. The molecule has 0 saturated heterocycles. The molecule has 0 aromatic carbocycles. The standard InChI is InChI=1S/C12H14N2O2/c1-8-2-5-11(13-7-8)14-10-4-3-9(6-10)12(15)16/h2-5,7,9-10H,6H2,1H3,(H,13,14)(H,15,16). The first-order valence-corrected chi connectivity index (χ1v) is 5.25. The van der Waals surface area contributed by atoms with Gasteiger partial charge in [-0.05, 0) is 25.0 Å². The number of aryl methyl sites for hydroxylation is 1. The van der Waals surface area contributed by atoms with Crippen LogP contribution in [-0.2, 0) is 4.79 Å². The van der Waals surface area contributed by atoms with Crippen LogP contribution in [0.15, 0.2) is 30.5 Å². The van der Waals surface area contributed by atoms with Gasteiger partial charge in [0.15, 0.2) is 0 Å². The molecule has 2 rings (SSSR count). The number of carboxylic acid groups (broad SMARTS) is 1. The molecule has 84 valence electrons. The second-order valence-electron chi connectivity index (χ2n) is 4.04. The number of nitrogens with one attached hydrogen (secondary N) is 1. The predicted molar refractivity (Wildman–Crippen MR) is 61.3 cm³/mol. The van der Waals surface area contributed by atoms with E-state index in [1.807, 2.05) is 25.1 Å². The molecule has 1 aliphatic carbocycles. The summed E-state index contributed by atoms with van der Waals surface area (Å²) in [7, 11) is 0. The highest BCUT2D eigenvalue weighted by atomic mass is 16.4. The summed E-state index contributed by atoms with van der Waals surface area (Å²) in [6.07, 6.45) is 6.00. The highest BCUT2D eigenvalue weighted by Gasteiger charge is 2.24. The first-order chi connectivity index (χ1) is 7.65. The Labute approximate surface area is 94.0 Å². The van der Waals surface area contributed by atoms with Gasteiger partial charge in [0, 0.05) is 12.2 Å². The first-order valence-electron chi connectivity index (χ1n) is 5.25. The Bertz CT molecular complexity index is 412. The number of hydrogen-bond acceptors (Lipinski definition) is 3. The molecule has 0 saturated carbocycles. The van der Waals surface area contributed by atoms with Gasteiger partial charge in [-0.1, -0.05) is 18.2 Å². The summed E-state index contributed by atoms with van der Waals surface area (Å²) in [5.74, 6) is -0.355. The van der Waals surface area contributed by atoms with E-state index in [0.29, 0.717) is 6.42 Å². The van der Waals surface area contributed by atoms with Crippen molar-refractivity contribution in [3.63, 3.8) is 0 Å². The van der Waals surface area contributed by atoms with E-state index in [1.165, 1.54) is 0 Å². The van der Waals surface area contributed by atoms with Gasteiger partial charge in [0.1, 0.15) is 5.82 Å². The van der Waals surface area contributed by atoms with Crippen LogP contribution in [0.5, 0.6) is 0 Å². The van der Waals surface area contributed by atoms with Gasteiger partial charge in [0.05, 0.1) is 5.92 Å². The van der Waals surface area contributed by atoms with Gasteiger partial charge in [-0.15, -0.1) is 0 Å². The van der Waals surface area contributed by atoms with E-state index in [9.17, 15) is 4.79 Å². The molecular weight excluding hydrogens is 204 g/mol. The Balaban J connectivity index is 1.95. The van der Waals surface area contributed by atoms with Crippen LogP contribution < -0.4 is 5.32 Å². The summed E-state index contributed by atoms with van der Waals surface area (Å²) in [6, 6.07) is 3.94. The number of rotatable bonds is 3. The van der Waals surface area contributed by atoms with Crippen LogP contribution in [0.1, 0.15) is 12.0 Å². The second-order valence-corrected chi connectivity index (χ2v) is 4.04. The van der Waals surface area contributed by atoms with E-state index < -0.39 is 5.97 Å². The van der Waals surface area contributed by atoms with Crippen LogP contribution in [-0.4, -0.2) is 22.1 Å². The predicted octanol–water partition coefficient (Wildman–Crippen LogP) is 1.83. The molecule has 4 heteroatoms. The zero-order chi connectivity index (χ0) is 11.5. The molecule has 0 radical (unpaired) electrons. The Hall–Kier alpha value is -1.84. The van der Waals surface area contributed by atoms with E-state index >= 15 is 0 Å². The number of aliphatic carboxylic acids is 1. The fraction of sp³-hybridized carbons (Fsp3) is 0.333. The number of anilines is 1. The zero-order valence-electron chi connectivity index (χ0n) is 9.05. The smallest absolute Gasteiger partial charge is 0.310 e. The third kappa shape index (κ3) is 2.39. The average molecular weight is 218 g/mol. The SMILES string of the molecule is Cc1ccc(NC2C=CC(C(=O)O)C2)nc1. The average Bonchev–Trinajstić information content (AvgIpc) is 2.70. The number of carboxylic acids is 1. The molecule has 1 aromatic heterocycles. The molecule has 4 nitrogen and oxygen atoms in total. The van der Waals surface area contributed by atoms with Crippen molar-refractivity contribution in [2.75, 3.05) is 5.32 Å². The Morgan fingerprint density at radius 3 is 2.88 bits per heavy atom. The molecule has 1 aromatic rings. The zero-order valence-corrected chi connectivity index (χ0v) is 9.05. The topological polar surface area (TPSA) is 62.2 Å². The fourth-order valence-electron chi connectivity index (χ4n) is 1.73. The van der Waals surface area contributed by atoms with Gasteiger partial charge in [0.25, 0.3) is 0 Å². The van der Waals surface area contributed by atoms with Gasteiger partial charge in [0.2, 0.25) is 0 Å². The van der Waals surface area contributed by atoms with Crippen molar-refractivity contribution >= 4 is 11.8 Å². The van der Waals surface area contributed by atoms with Crippen LogP contribution >= 0.6 is 0 Å². The molecule has 0 amide bonds.